The molecule has 1 heterocycles. The molecule has 0 aliphatic heterocycles. The fraction of sp³-hybridized carbons (Fsp3) is 0.625. The zero-order chi connectivity index (χ0) is 21.2. The molecule has 0 aliphatic carbocycles. The summed E-state index contributed by atoms with van der Waals surface area (Å²) in [7, 11) is 0. The summed E-state index contributed by atoms with van der Waals surface area (Å²) in [5, 5.41) is 0.647. The number of hydrogen-bond donors (Lipinski definition) is 0. The summed E-state index contributed by atoms with van der Waals surface area (Å²) in [4.78, 5) is 33.2. The molecule has 1 aromatic carbocycles. The normalized spacial score (nSPS) is 12.3. The molecule has 0 aliphatic rings. The molecule has 0 radical (unpaired) electrons. The Labute approximate surface area is 175 Å². The lowest BCUT2D eigenvalue weighted by atomic mass is 10.1. The van der Waals surface area contributed by atoms with Gasteiger partial charge in [0, 0.05) is 19.5 Å². The van der Waals surface area contributed by atoms with Gasteiger partial charge in [-0.3, -0.25) is 14.2 Å². The van der Waals surface area contributed by atoms with E-state index in [1.165, 1.54) is 0 Å². The lowest BCUT2D eigenvalue weighted by Crippen LogP contribution is -2.39. The predicted molar refractivity (Wildman–Crippen MR) is 120 cm³/mol. The van der Waals surface area contributed by atoms with Crippen molar-refractivity contribution in [3.05, 3.63) is 40.4 Å². The van der Waals surface area contributed by atoms with Crippen LogP contribution in [0.1, 0.15) is 90.9 Å². The van der Waals surface area contributed by atoms with Gasteiger partial charge in [0.05, 0.1) is 16.9 Å². The van der Waals surface area contributed by atoms with Crippen molar-refractivity contribution >= 4 is 16.8 Å². The van der Waals surface area contributed by atoms with Gasteiger partial charge >= 0.3 is 0 Å². The first kappa shape index (κ1) is 23.1. The van der Waals surface area contributed by atoms with Crippen molar-refractivity contribution in [3.8, 4) is 0 Å². The van der Waals surface area contributed by atoms with Gasteiger partial charge in [-0.25, -0.2) is 4.98 Å². The fourth-order valence-electron chi connectivity index (χ4n) is 3.87. The van der Waals surface area contributed by atoms with E-state index in [4.69, 9.17) is 4.98 Å². The lowest BCUT2D eigenvalue weighted by molar-refractivity contribution is -0.134. The van der Waals surface area contributed by atoms with Gasteiger partial charge in [-0.05, 0) is 37.8 Å². The topological polar surface area (TPSA) is 55.2 Å². The third-order valence-corrected chi connectivity index (χ3v) is 5.47. The summed E-state index contributed by atoms with van der Waals surface area (Å²) in [6.45, 7) is 9.78. The summed E-state index contributed by atoms with van der Waals surface area (Å²) in [5.41, 5.74) is 0.715. The molecule has 0 saturated heterocycles. The monoisotopic (exact) mass is 399 g/mol. The zero-order valence-corrected chi connectivity index (χ0v) is 18.6. The second kappa shape index (κ2) is 11.7. The van der Waals surface area contributed by atoms with Crippen molar-refractivity contribution in [1.29, 1.82) is 0 Å². The Hall–Kier alpha value is -2.17. The average molecular weight is 400 g/mol. The maximum Gasteiger partial charge on any atom is 0.261 e. The molecular weight excluding hydrogens is 362 g/mol. The number of nitrogens with zero attached hydrogens (tertiary/aromatic N) is 3. The average Bonchev–Trinajstić information content (AvgIpc) is 2.73. The molecule has 1 unspecified atom stereocenters. The summed E-state index contributed by atoms with van der Waals surface area (Å²) < 4.78 is 1.80. The largest absolute Gasteiger partial charge is 0.333 e. The molecule has 0 N–H and O–H groups in total. The lowest BCUT2D eigenvalue weighted by Gasteiger charge is -2.32. The number of rotatable bonds is 12. The van der Waals surface area contributed by atoms with Gasteiger partial charge in [-0.2, -0.15) is 0 Å². The van der Waals surface area contributed by atoms with Crippen LogP contribution in [-0.4, -0.2) is 26.9 Å². The number of benzene rings is 1. The van der Waals surface area contributed by atoms with Crippen LogP contribution < -0.4 is 5.56 Å². The van der Waals surface area contributed by atoms with Gasteiger partial charge in [0.25, 0.3) is 5.56 Å². The van der Waals surface area contributed by atoms with Crippen molar-refractivity contribution < 1.29 is 4.79 Å². The highest BCUT2D eigenvalue weighted by molar-refractivity contribution is 5.78. The van der Waals surface area contributed by atoms with E-state index in [9.17, 15) is 9.59 Å². The number of carbonyl (C=O) groups excluding carboxylic acids is 1. The molecule has 2 aromatic rings. The van der Waals surface area contributed by atoms with E-state index < -0.39 is 0 Å². The number of aromatic nitrogens is 2. The first-order valence-corrected chi connectivity index (χ1v) is 11.4. The fourth-order valence-corrected chi connectivity index (χ4v) is 3.87. The highest BCUT2D eigenvalue weighted by Gasteiger charge is 2.27. The van der Waals surface area contributed by atoms with Crippen molar-refractivity contribution in [2.75, 3.05) is 6.54 Å². The van der Waals surface area contributed by atoms with Gasteiger partial charge in [-0.15, -0.1) is 0 Å². The van der Waals surface area contributed by atoms with Crippen LogP contribution in [-0.2, 0) is 11.3 Å². The summed E-state index contributed by atoms with van der Waals surface area (Å²) in [6.07, 6.45) is 7.24. The van der Waals surface area contributed by atoms with Gasteiger partial charge in [0.2, 0.25) is 5.91 Å². The quantitative estimate of drug-likeness (QED) is 0.445. The smallest absolute Gasteiger partial charge is 0.261 e. The Kier molecular flexibility index (Phi) is 9.36. The summed E-state index contributed by atoms with van der Waals surface area (Å²) in [6, 6.07) is 7.35. The highest BCUT2D eigenvalue weighted by Crippen LogP contribution is 2.26. The molecule has 0 bridgehead atoms. The number of fused-ring (bicyclic) bond motifs is 1. The number of hydrogen-bond acceptors (Lipinski definition) is 3. The molecule has 1 atom stereocenters. The maximum absolute atomic E-state index is 13.2. The number of unbranched alkanes of at least 4 members (excludes halogenated alkanes) is 3. The minimum atomic E-state index is -0.167. The molecule has 0 fully saturated rings. The Balaban J connectivity index is 2.52. The van der Waals surface area contributed by atoms with E-state index in [0.717, 1.165) is 57.3 Å². The van der Waals surface area contributed by atoms with Crippen LogP contribution in [0.2, 0.25) is 0 Å². The van der Waals surface area contributed by atoms with Crippen molar-refractivity contribution in [1.82, 2.24) is 14.5 Å². The minimum absolute atomic E-state index is 0.000210. The molecule has 5 nitrogen and oxygen atoms in total. The van der Waals surface area contributed by atoms with E-state index in [0.29, 0.717) is 23.9 Å². The second-order valence-electron chi connectivity index (χ2n) is 7.77. The Morgan fingerprint density at radius 2 is 1.76 bits per heavy atom. The first-order chi connectivity index (χ1) is 14.1. The van der Waals surface area contributed by atoms with Gasteiger partial charge in [0.15, 0.2) is 0 Å². The third kappa shape index (κ3) is 5.68. The van der Waals surface area contributed by atoms with Crippen molar-refractivity contribution in [2.24, 2.45) is 0 Å². The number of carbonyl (C=O) groups is 1. The number of para-hydroxylation sites is 1. The highest BCUT2D eigenvalue weighted by atomic mass is 16.2. The molecule has 5 heteroatoms. The first-order valence-electron chi connectivity index (χ1n) is 11.4. The number of amides is 1. The molecule has 2 rings (SSSR count). The van der Waals surface area contributed by atoms with E-state index in [1.54, 1.807) is 4.57 Å². The van der Waals surface area contributed by atoms with Crippen molar-refractivity contribution in [3.63, 3.8) is 0 Å². The SMILES string of the molecule is CCCCCC(=O)N(CCCC)C(CC)c1nc2ccccc2c(=O)n1CCC. The third-order valence-electron chi connectivity index (χ3n) is 5.47. The van der Waals surface area contributed by atoms with E-state index in [2.05, 4.69) is 27.7 Å². The van der Waals surface area contributed by atoms with Crippen LogP contribution in [0.15, 0.2) is 29.1 Å². The molecule has 160 valence electrons. The Morgan fingerprint density at radius 1 is 1.03 bits per heavy atom. The molecule has 0 spiro atoms. The standard InChI is InChI=1S/C24H37N3O2/c1-5-9-11-16-22(28)26(18-10-6-2)21(8-4)23-25-20-15-13-12-14-19(20)24(29)27(23)17-7-3/h12-15,21H,5-11,16-18H2,1-4H3. The van der Waals surface area contributed by atoms with Crippen LogP contribution >= 0.6 is 0 Å². The van der Waals surface area contributed by atoms with Crippen LogP contribution in [0, 0.1) is 0 Å². The van der Waals surface area contributed by atoms with Gasteiger partial charge in [-0.1, -0.05) is 59.1 Å². The Bertz CT molecular complexity index is 844. The predicted octanol–water partition coefficient (Wildman–Crippen LogP) is 5.47. The van der Waals surface area contributed by atoms with Gasteiger partial charge in [0.1, 0.15) is 5.82 Å². The minimum Gasteiger partial charge on any atom is -0.333 e. The second-order valence-corrected chi connectivity index (χ2v) is 7.77. The van der Waals surface area contributed by atoms with Crippen LogP contribution in [0.4, 0.5) is 0 Å². The molecular formula is C24H37N3O2. The Morgan fingerprint density at radius 3 is 2.41 bits per heavy atom. The summed E-state index contributed by atoms with van der Waals surface area (Å²) >= 11 is 0. The van der Waals surface area contributed by atoms with Crippen LogP contribution in [0.3, 0.4) is 0 Å². The maximum atomic E-state index is 13.2. The van der Waals surface area contributed by atoms with Crippen LogP contribution in [0.5, 0.6) is 0 Å². The summed E-state index contributed by atoms with van der Waals surface area (Å²) in [5.74, 6) is 0.919. The molecule has 1 aromatic heterocycles. The van der Waals surface area contributed by atoms with E-state index >= 15 is 0 Å². The van der Waals surface area contributed by atoms with Gasteiger partial charge < -0.3 is 4.90 Å². The van der Waals surface area contributed by atoms with E-state index in [-0.39, 0.29) is 17.5 Å². The molecule has 29 heavy (non-hydrogen) atoms. The van der Waals surface area contributed by atoms with E-state index in [1.807, 2.05) is 29.2 Å². The van der Waals surface area contributed by atoms with Crippen molar-refractivity contribution in [2.45, 2.75) is 91.6 Å². The molecule has 1 amide bonds. The van der Waals surface area contributed by atoms with Crippen LogP contribution in [0.25, 0.3) is 10.9 Å². The zero-order valence-electron chi connectivity index (χ0n) is 18.6. The molecule has 0 saturated carbocycles.